The van der Waals surface area contributed by atoms with E-state index >= 15 is 0 Å². The quantitative estimate of drug-likeness (QED) is 0.345. The number of hydrogen-bond acceptors (Lipinski definition) is 9. The summed E-state index contributed by atoms with van der Waals surface area (Å²) in [4.78, 5) is 0. The van der Waals surface area contributed by atoms with Gasteiger partial charge in [0.1, 0.15) is 0 Å². The minimum absolute atomic E-state index is 0. The first-order valence-corrected chi connectivity index (χ1v) is 2.12. The summed E-state index contributed by atoms with van der Waals surface area (Å²) in [6.45, 7) is 0. The van der Waals surface area contributed by atoms with Crippen molar-refractivity contribution in [2.45, 2.75) is 0 Å². The monoisotopic (exact) mass is 413 g/mol. The Morgan fingerprint density at radius 2 is 0.467 bits per heavy atom. The van der Waals surface area contributed by atoms with E-state index in [1.54, 1.807) is 0 Å². The summed E-state index contributed by atoms with van der Waals surface area (Å²) >= 11 is 0. The Kier molecular flexibility index (Phi) is 71.9. The molecule has 0 aliphatic heterocycles. The molecule has 0 fully saturated rings. The molecular formula is B3CrLaO9Sc. The van der Waals surface area contributed by atoms with Crippen LogP contribution in [0.3, 0.4) is 0 Å². The van der Waals surface area contributed by atoms with Crippen LogP contribution in [-0.4, -0.2) is 22.0 Å². The van der Waals surface area contributed by atoms with Crippen molar-refractivity contribution in [2.75, 3.05) is 0 Å². The normalized spacial score (nSPS) is 5.40. The Bertz CT molecular complexity index is 53.8. The van der Waals surface area contributed by atoms with Gasteiger partial charge in [0.15, 0.2) is 0 Å². The standard InChI is InChI=1S/3BO3.Cr.La.Sc/c3*2-1(3)4;;;/q3*-3;3*+3. The van der Waals surface area contributed by atoms with Gasteiger partial charge in [-0.3, -0.25) is 22.0 Å². The van der Waals surface area contributed by atoms with Gasteiger partial charge in [-0.2, -0.15) is 0 Å². The first kappa shape index (κ1) is 36.0. The van der Waals surface area contributed by atoms with Crippen LogP contribution in [0.2, 0.25) is 0 Å². The zero-order valence-corrected chi connectivity index (χ0v) is 13.7. The van der Waals surface area contributed by atoms with Gasteiger partial charge in [-0.1, -0.05) is 0 Å². The third-order valence-electron chi connectivity index (χ3n) is 0. The van der Waals surface area contributed by atoms with Crippen LogP contribution in [0, 0.1) is 35.6 Å². The van der Waals surface area contributed by atoms with Crippen molar-refractivity contribution < 1.29 is 124 Å². The summed E-state index contributed by atoms with van der Waals surface area (Å²) < 4.78 is 0. The topological polar surface area (TPSA) is 208 Å². The molecule has 0 aliphatic rings. The minimum atomic E-state index is -2.92. The average molecular weight is 412 g/mol. The van der Waals surface area contributed by atoms with Crippen LogP contribution in [0.4, 0.5) is 0 Å². The molecule has 15 heavy (non-hydrogen) atoms. The summed E-state index contributed by atoms with van der Waals surface area (Å²) in [6.07, 6.45) is 0. The van der Waals surface area contributed by atoms with Gasteiger partial charge in [0.2, 0.25) is 0 Å². The third kappa shape index (κ3) is 579. The largest absolute Gasteiger partial charge is 3.00 e. The molecule has 0 unspecified atom stereocenters. The predicted molar refractivity (Wildman–Crippen MR) is 17.3 cm³/mol. The SMILES string of the molecule is [Cr+3].[La+3].[O-]B([O-])[O-].[O-]B([O-])[O-].[O-]B([O-])[O-].[Sc+3]. The predicted octanol–water partition coefficient (Wildman–Crippen LogP) is -11.8. The molecule has 0 saturated carbocycles. The van der Waals surface area contributed by atoms with E-state index in [0.717, 1.165) is 0 Å². The van der Waals surface area contributed by atoms with Crippen LogP contribution >= 0.6 is 0 Å². The number of rotatable bonds is 0. The molecule has 9 nitrogen and oxygen atoms in total. The van der Waals surface area contributed by atoms with E-state index in [2.05, 4.69) is 0 Å². The molecule has 15 heteroatoms. The van der Waals surface area contributed by atoms with Crippen molar-refractivity contribution in [3.63, 3.8) is 0 Å². The third-order valence-corrected chi connectivity index (χ3v) is 0. The van der Waals surface area contributed by atoms with E-state index in [9.17, 15) is 0 Å². The van der Waals surface area contributed by atoms with Crippen molar-refractivity contribution in [3.05, 3.63) is 0 Å². The van der Waals surface area contributed by atoms with Crippen molar-refractivity contribution in [2.24, 2.45) is 0 Å². The molecule has 0 rings (SSSR count). The van der Waals surface area contributed by atoms with Crippen molar-refractivity contribution >= 4 is 22.0 Å². The molecule has 0 N–H and O–H groups in total. The molecule has 1 radical (unpaired) electrons. The Hall–Kier alpha value is 2.43. The molecule has 0 aromatic carbocycles. The van der Waals surface area contributed by atoms with Crippen LogP contribution in [0.1, 0.15) is 0 Å². The first-order valence-electron chi connectivity index (χ1n) is 2.12. The van der Waals surface area contributed by atoms with Gasteiger partial charge in [0, 0.05) is 0 Å². The molecule has 0 bridgehead atoms. The second-order valence-corrected chi connectivity index (χ2v) is 0.866. The van der Waals surface area contributed by atoms with Gasteiger partial charge in [-0.15, -0.1) is 0 Å². The van der Waals surface area contributed by atoms with Crippen LogP contribution in [0.5, 0.6) is 0 Å². The van der Waals surface area contributed by atoms with Crippen molar-refractivity contribution in [1.29, 1.82) is 0 Å². The fourth-order valence-electron chi connectivity index (χ4n) is 0. The maximum Gasteiger partial charge on any atom is 3.00 e. The van der Waals surface area contributed by atoms with Gasteiger partial charge < -0.3 is 45.2 Å². The minimum Gasteiger partial charge on any atom is -0.907 e. The van der Waals surface area contributed by atoms with Crippen LogP contribution in [0.15, 0.2) is 0 Å². The van der Waals surface area contributed by atoms with Crippen molar-refractivity contribution in [1.82, 2.24) is 0 Å². The van der Waals surface area contributed by atoms with E-state index in [1.165, 1.54) is 0 Å². The molecule has 75 valence electrons. The molecule has 0 aromatic heterocycles. The maximum atomic E-state index is 8.42. The molecule has 0 heterocycles. The summed E-state index contributed by atoms with van der Waals surface area (Å²) in [7, 11) is -8.75. The molecule has 0 spiro atoms. The Morgan fingerprint density at radius 3 is 0.467 bits per heavy atom. The van der Waals surface area contributed by atoms with Gasteiger partial charge >= 0.3 is 78.8 Å². The van der Waals surface area contributed by atoms with Crippen molar-refractivity contribution in [3.8, 4) is 0 Å². The summed E-state index contributed by atoms with van der Waals surface area (Å²) in [5.41, 5.74) is 0. The van der Waals surface area contributed by atoms with E-state index in [0.29, 0.717) is 0 Å². The second kappa shape index (κ2) is 29.9. The van der Waals surface area contributed by atoms with Crippen LogP contribution in [0.25, 0.3) is 0 Å². The number of hydrogen-bond donors (Lipinski definition) is 0. The Balaban J connectivity index is -0.0000000184. The fourth-order valence-corrected chi connectivity index (χ4v) is 0. The summed E-state index contributed by atoms with van der Waals surface area (Å²) in [6, 6.07) is 0. The van der Waals surface area contributed by atoms with E-state index in [1.807, 2.05) is 0 Å². The van der Waals surface area contributed by atoms with Gasteiger partial charge in [0.05, 0.1) is 0 Å². The zero-order chi connectivity index (χ0) is 10.7. The zero-order valence-electron chi connectivity index (χ0n) is 6.97. The van der Waals surface area contributed by atoms with E-state index in [4.69, 9.17) is 45.2 Å². The average Bonchev–Trinajstić information content (AvgIpc) is 1.54. The fraction of sp³-hybridized carbons (Fsp3) is 0. The molecule has 0 aromatic rings. The second-order valence-electron chi connectivity index (χ2n) is 0.866. The van der Waals surface area contributed by atoms with E-state index < -0.39 is 22.0 Å². The molecule has 0 aliphatic carbocycles. The Labute approximate surface area is 144 Å². The molecule has 0 atom stereocenters. The van der Waals surface area contributed by atoms with Gasteiger partial charge in [0.25, 0.3) is 0 Å². The van der Waals surface area contributed by atoms with Gasteiger partial charge in [-0.25, -0.2) is 0 Å². The molecule has 0 amide bonds. The Morgan fingerprint density at radius 1 is 0.467 bits per heavy atom. The van der Waals surface area contributed by atoms with Crippen LogP contribution in [-0.2, 0) is 43.2 Å². The first-order chi connectivity index (χ1) is 5.20. The molecule has 0 saturated heterocycles. The summed E-state index contributed by atoms with van der Waals surface area (Å²) in [5, 5.41) is 75.8. The summed E-state index contributed by atoms with van der Waals surface area (Å²) in [5.74, 6) is 0. The van der Waals surface area contributed by atoms with Crippen LogP contribution < -0.4 is 45.2 Å². The molecular weight excluding hydrogens is 412 g/mol. The van der Waals surface area contributed by atoms with Gasteiger partial charge in [-0.05, 0) is 0 Å². The van der Waals surface area contributed by atoms with E-state index in [-0.39, 0.29) is 78.8 Å². The maximum absolute atomic E-state index is 8.42. The smallest absolute Gasteiger partial charge is 0.907 e.